The molecular weight excluding hydrogens is 242 g/mol. The van der Waals surface area contributed by atoms with Crippen molar-refractivity contribution in [2.45, 2.75) is 38.8 Å². The maximum absolute atomic E-state index is 5.63. The van der Waals surface area contributed by atoms with Gasteiger partial charge in [-0.25, -0.2) is 0 Å². The molecule has 0 unspecified atom stereocenters. The highest BCUT2D eigenvalue weighted by Crippen LogP contribution is 2.17. The van der Waals surface area contributed by atoms with Crippen LogP contribution in [-0.4, -0.2) is 32.2 Å². The molecule has 0 aliphatic carbocycles. The Hall–Kier alpha value is -0.940. The number of ether oxygens (including phenoxy) is 3. The second kappa shape index (κ2) is 6.48. The fourth-order valence-corrected chi connectivity index (χ4v) is 2.09. The first kappa shape index (κ1) is 14.5. The second-order valence-electron chi connectivity index (χ2n) is 5.30. The maximum Gasteiger partial charge on any atom is 0.162 e. The van der Waals surface area contributed by atoms with Gasteiger partial charge in [0.25, 0.3) is 0 Å². The topological polar surface area (TPSA) is 39.7 Å². The van der Waals surface area contributed by atoms with E-state index in [9.17, 15) is 0 Å². The average Bonchev–Trinajstić information content (AvgIpc) is 2.39. The minimum atomic E-state index is -0.452. The van der Waals surface area contributed by atoms with Gasteiger partial charge in [-0.1, -0.05) is 24.3 Å². The molecule has 19 heavy (non-hydrogen) atoms. The van der Waals surface area contributed by atoms with Crippen molar-refractivity contribution in [2.24, 2.45) is 0 Å². The summed E-state index contributed by atoms with van der Waals surface area (Å²) in [6.45, 7) is 6.69. The molecule has 0 bridgehead atoms. The van der Waals surface area contributed by atoms with Crippen LogP contribution >= 0.6 is 0 Å². The van der Waals surface area contributed by atoms with E-state index >= 15 is 0 Å². The molecule has 4 nitrogen and oxygen atoms in total. The van der Waals surface area contributed by atoms with Crippen LogP contribution in [0, 0.1) is 0 Å². The highest BCUT2D eigenvalue weighted by atomic mass is 16.7. The van der Waals surface area contributed by atoms with Crippen LogP contribution < -0.4 is 5.32 Å². The van der Waals surface area contributed by atoms with Crippen molar-refractivity contribution in [3.05, 3.63) is 35.4 Å². The highest BCUT2D eigenvalue weighted by Gasteiger charge is 2.27. The monoisotopic (exact) mass is 265 g/mol. The van der Waals surface area contributed by atoms with Gasteiger partial charge in [-0.15, -0.1) is 0 Å². The van der Waals surface area contributed by atoms with E-state index in [1.165, 1.54) is 11.1 Å². The first-order valence-electron chi connectivity index (χ1n) is 6.68. The molecule has 106 valence electrons. The Morgan fingerprint density at radius 2 is 1.84 bits per heavy atom. The van der Waals surface area contributed by atoms with Crippen LogP contribution in [0.3, 0.4) is 0 Å². The molecule has 0 amide bonds. The van der Waals surface area contributed by atoms with Crippen LogP contribution in [0.25, 0.3) is 0 Å². The van der Waals surface area contributed by atoms with Crippen molar-refractivity contribution in [3.8, 4) is 0 Å². The quantitative estimate of drug-likeness (QED) is 0.885. The Bertz CT molecular complexity index is 396. The predicted molar refractivity (Wildman–Crippen MR) is 73.8 cm³/mol. The van der Waals surface area contributed by atoms with Crippen LogP contribution in [0.2, 0.25) is 0 Å². The second-order valence-corrected chi connectivity index (χ2v) is 5.30. The molecule has 2 rings (SSSR count). The summed E-state index contributed by atoms with van der Waals surface area (Å²) in [5.41, 5.74) is 2.48. The summed E-state index contributed by atoms with van der Waals surface area (Å²) in [5, 5.41) is 3.47. The molecule has 0 spiro atoms. The Balaban J connectivity index is 1.86. The lowest BCUT2D eigenvalue weighted by molar-refractivity contribution is -0.253. The number of hydrogen-bond donors (Lipinski definition) is 1. The maximum atomic E-state index is 5.63. The Morgan fingerprint density at radius 3 is 2.47 bits per heavy atom. The van der Waals surface area contributed by atoms with Crippen molar-refractivity contribution < 1.29 is 14.2 Å². The minimum absolute atomic E-state index is 0.239. The molecule has 1 heterocycles. The Labute approximate surface area is 115 Å². The van der Waals surface area contributed by atoms with Gasteiger partial charge in [-0.05, 0) is 25.0 Å². The number of hydrogen-bond acceptors (Lipinski definition) is 4. The lowest BCUT2D eigenvalue weighted by Gasteiger charge is -2.35. The summed E-state index contributed by atoms with van der Waals surface area (Å²) < 4.78 is 16.5. The molecule has 0 saturated carbocycles. The van der Waals surface area contributed by atoms with Crippen molar-refractivity contribution in [3.63, 3.8) is 0 Å². The van der Waals surface area contributed by atoms with Gasteiger partial charge in [0.15, 0.2) is 5.79 Å². The standard InChI is InChI=1S/C15H23NO3/c1-15(2)18-10-14(11-19-15)16-8-12-6-4-5-7-13(12)9-17-3/h4-7,14,16H,8-11H2,1-3H3. The molecule has 0 aromatic heterocycles. The summed E-state index contributed by atoms with van der Waals surface area (Å²) in [4.78, 5) is 0. The van der Waals surface area contributed by atoms with Crippen LogP contribution in [-0.2, 0) is 27.4 Å². The van der Waals surface area contributed by atoms with Gasteiger partial charge >= 0.3 is 0 Å². The van der Waals surface area contributed by atoms with Crippen LogP contribution in [0.15, 0.2) is 24.3 Å². The number of rotatable bonds is 5. The van der Waals surface area contributed by atoms with Crippen LogP contribution in [0.1, 0.15) is 25.0 Å². The molecule has 1 aromatic carbocycles. The van der Waals surface area contributed by atoms with Crippen LogP contribution in [0.4, 0.5) is 0 Å². The number of nitrogens with one attached hydrogen (secondary N) is 1. The minimum Gasteiger partial charge on any atom is -0.380 e. The lowest BCUT2D eigenvalue weighted by Crippen LogP contribution is -2.48. The molecule has 1 aromatic rings. The number of methoxy groups -OCH3 is 1. The fourth-order valence-electron chi connectivity index (χ4n) is 2.09. The summed E-state index contributed by atoms with van der Waals surface area (Å²) in [5.74, 6) is -0.452. The van der Waals surface area contributed by atoms with Gasteiger partial charge in [0.2, 0.25) is 0 Å². The van der Waals surface area contributed by atoms with Gasteiger partial charge in [0, 0.05) is 13.7 Å². The van der Waals surface area contributed by atoms with Gasteiger partial charge in [-0.3, -0.25) is 0 Å². The highest BCUT2D eigenvalue weighted by molar-refractivity contribution is 5.26. The largest absolute Gasteiger partial charge is 0.380 e. The zero-order valence-corrected chi connectivity index (χ0v) is 11.9. The van der Waals surface area contributed by atoms with Gasteiger partial charge < -0.3 is 19.5 Å². The number of benzene rings is 1. The summed E-state index contributed by atoms with van der Waals surface area (Å²) in [6, 6.07) is 8.54. The van der Waals surface area contributed by atoms with Gasteiger partial charge in [0.1, 0.15) is 0 Å². The average molecular weight is 265 g/mol. The van der Waals surface area contributed by atoms with E-state index in [0.717, 1.165) is 6.54 Å². The molecule has 0 radical (unpaired) electrons. The van der Waals surface area contributed by atoms with Crippen molar-refractivity contribution in [1.82, 2.24) is 5.32 Å². The Kier molecular flexibility index (Phi) is 4.93. The van der Waals surface area contributed by atoms with Gasteiger partial charge in [0.05, 0.1) is 25.9 Å². The third-order valence-corrected chi connectivity index (χ3v) is 3.26. The summed E-state index contributed by atoms with van der Waals surface area (Å²) in [7, 11) is 1.72. The SMILES string of the molecule is COCc1ccccc1CNC1COC(C)(C)OC1. The van der Waals surface area contributed by atoms with E-state index in [4.69, 9.17) is 14.2 Å². The van der Waals surface area contributed by atoms with Crippen LogP contribution in [0.5, 0.6) is 0 Å². The van der Waals surface area contributed by atoms with Crippen molar-refractivity contribution in [1.29, 1.82) is 0 Å². The molecule has 4 heteroatoms. The molecule has 1 saturated heterocycles. The van der Waals surface area contributed by atoms with Gasteiger partial charge in [-0.2, -0.15) is 0 Å². The first-order valence-corrected chi connectivity index (χ1v) is 6.68. The molecular formula is C15H23NO3. The third kappa shape index (κ3) is 4.28. The first-order chi connectivity index (χ1) is 9.11. The van der Waals surface area contributed by atoms with E-state index in [1.807, 2.05) is 26.0 Å². The molecule has 1 aliphatic rings. The molecule has 1 fully saturated rings. The van der Waals surface area contributed by atoms with Crippen molar-refractivity contribution >= 4 is 0 Å². The Morgan fingerprint density at radius 1 is 1.21 bits per heavy atom. The summed E-state index contributed by atoms with van der Waals surface area (Å²) in [6.07, 6.45) is 0. The predicted octanol–water partition coefficient (Wildman–Crippen LogP) is 2.07. The van der Waals surface area contributed by atoms with E-state index in [-0.39, 0.29) is 6.04 Å². The zero-order valence-electron chi connectivity index (χ0n) is 11.9. The smallest absolute Gasteiger partial charge is 0.162 e. The van der Waals surface area contributed by atoms with E-state index in [2.05, 4.69) is 17.4 Å². The van der Waals surface area contributed by atoms with E-state index in [1.54, 1.807) is 7.11 Å². The summed E-state index contributed by atoms with van der Waals surface area (Å²) >= 11 is 0. The molecule has 0 atom stereocenters. The van der Waals surface area contributed by atoms with E-state index < -0.39 is 5.79 Å². The molecule has 1 aliphatic heterocycles. The third-order valence-electron chi connectivity index (χ3n) is 3.26. The lowest BCUT2D eigenvalue weighted by atomic mass is 10.1. The van der Waals surface area contributed by atoms with Crippen molar-refractivity contribution in [2.75, 3.05) is 20.3 Å². The normalized spacial score (nSPS) is 19.5. The van der Waals surface area contributed by atoms with E-state index in [0.29, 0.717) is 19.8 Å². The molecule has 1 N–H and O–H groups in total. The zero-order chi connectivity index (χ0) is 13.7. The fraction of sp³-hybridized carbons (Fsp3) is 0.600.